The molecular formula is C15H10N2O3. The van der Waals surface area contributed by atoms with Crippen molar-refractivity contribution in [2.75, 3.05) is 0 Å². The molecule has 3 aromatic rings. The summed E-state index contributed by atoms with van der Waals surface area (Å²) >= 11 is 0. The summed E-state index contributed by atoms with van der Waals surface area (Å²) in [5.74, 6) is -1.27. The van der Waals surface area contributed by atoms with E-state index in [1.807, 2.05) is 36.4 Å². The van der Waals surface area contributed by atoms with Crippen molar-refractivity contribution >= 4 is 16.7 Å². The fourth-order valence-corrected chi connectivity index (χ4v) is 2.28. The minimum atomic E-state index is -1.27. The number of carbonyl (C=O) groups is 1. The minimum absolute atomic E-state index is 0.295. The highest BCUT2D eigenvalue weighted by atomic mass is 16.4. The van der Waals surface area contributed by atoms with Gasteiger partial charge in [-0.1, -0.05) is 42.5 Å². The molecule has 0 aliphatic carbocycles. The van der Waals surface area contributed by atoms with Gasteiger partial charge in [0.25, 0.3) is 5.56 Å². The molecule has 1 aromatic heterocycles. The Morgan fingerprint density at radius 3 is 2.60 bits per heavy atom. The summed E-state index contributed by atoms with van der Waals surface area (Å²) in [6.07, 6.45) is 1.37. The maximum atomic E-state index is 11.7. The second kappa shape index (κ2) is 4.62. The average molecular weight is 266 g/mol. The van der Waals surface area contributed by atoms with Crippen LogP contribution in [0.4, 0.5) is 0 Å². The van der Waals surface area contributed by atoms with Gasteiger partial charge in [-0.25, -0.2) is 9.89 Å². The summed E-state index contributed by atoms with van der Waals surface area (Å²) in [4.78, 5) is 23.0. The molecule has 5 heteroatoms. The Kier molecular flexibility index (Phi) is 2.80. The lowest BCUT2D eigenvalue weighted by atomic mass is 9.97. The first-order chi connectivity index (χ1) is 9.68. The lowest BCUT2D eigenvalue weighted by molar-refractivity contribution is 0.0695. The molecule has 2 N–H and O–H groups in total. The Hall–Kier alpha value is -2.95. The van der Waals surface area contributed by atoms with Gasteiger partial charge in [-0.3, -0.25) is 4.79 Å². The Labute approximate surface area is 113 Å². The first kappa shape index (κ1) is 12.1. The summed E-state index contributed by atoms with van der Waals surface area (Å²) in [5.41, 5.74) is -0.00330. The number of hydrogen-bond acceptors (Lipinski definition) is 3. The van der Waals surface area contributed by atoms with Gasteiger partial charge in [-0.15, -0.1) is 0 Å². The van der Waals surface area contributed by atoms with E-state index < -0.39 is 11.5 Å². The average Bonchev–Trinajstić information content (AvgIpc) is 2.46. The van der Waals surface area contributed by atoms with Crippen molar-refractivity contribution in [3.05, 3.63) is 64.6 Å². The summed E-state index contributed by atoms with van der Waals surface area (Å²) in [5, 5.41) is 16.9. The SMILES string of the molecule is O=C(O)c1c(-c2cccc3ccccc23)cn[nH]c1=O. The predicted molar refractivity (Wildman–Crippen MR) is 74.8 cm³/mol. The fourth-order valence-electron chi connectivity index (χ4n) is 2.28. The zero-order valence-electron chi connectivity index (χ0n) is 10.3. The van der Waals surface area contributed by atoms with Crippen molar-refractivity contribution in [3.63, 3.8) is 0 Å². The molecule has 20 heavy (non-hydrogen) atoms. The zero-order valence-corrected chi connectivity index (χ0v) is 10.3. The van der Waals surface area contributed by atoms with Gasteiger partial charge in [0, 0.05) is 5.56 Å². The molecule has 0 radical (unpaired) electrons. The number of carboxylic acids is 1. The fraction of sp³-hybridized carbons (Fsp3) is 0. The normalized spacial score (nSPS) is 10.6. The van der Waals surface area contributed by atoms with Crippen LogP contribution in [0.15, 0.2) is 53.5 Å². The van der Waals surface area contributed by atoms with Crippen molar-refractivity contribution in [2.24, 2.45) is 0 Å². The van der Waals surface area contributed by atoms with E-state index in [0.717, 1.165) is 10.8 Å². The number of benzene rings is 2. The van der Waals surface area contributed by atoms with Crippen LogP contribution in [0.3, 0.4) is 0 Å². The molecule has 0 fully saturated rings. The third kappa shape index (κ3) is 1.85. The minimum Gasteiger partial charge on any atom is -0.477 e. The van der Waals surface area contributed by atoms with Crippen LogP contribution in [-0.4, -0.2) is 21.3 Å². The lowest BCUT2D eigenvalue weighted by Crippen LogP contribution is -2.19. The summed E-state index contributed by atoms with van der Waals surface area (Å²) in [6, 6.07) is 13.1. The van der Waals surface area contributed by atoms with Crippen molar-refractivity contribution < 1.29 is 9.90 Å². The van der Waals surface area contributed by atoms with E-state index in [1.54, 1.807) is 6.07 Å². The summed E-state index contributed by atoms with van der Waals surface area (Å²) in [7, 11) is 0. The van der Waals surface area contributed by atoms with E-state index in [9.17, 15) is 14.7 Å². The van der Waals surface area contributed by atoms with E-state index >= 15 is 0 Å². The maximum absolute atomic E-state index is 11.7. The van der Waals surface area contributed by atoms with Crippen LogP contribution in [0.5, 0.6) is 0 Å². The predicted octanol–water partition coefficient (Wildman–Crippen LogP) is 2.29. The van der Waals surface area contributed by atoms with Crippen molar-refractivity contribution in [2.45, 2.75) is 0 Å². The molecule has 0 aliphatic rings. The third-order valence-electron chi connectivity index (χ3n) is 3.15. The molecule has 1 heterocycles. The summed E-state index contributed by atoms with van der Waals surface area (Å²) < 4.78 is 0. The zero-order chi connectivity index (χ0) is 14.1. The largest absolute Gasteiger partial charge is 0.477 e. The Bertz CT molecular complexity index is 863. The molecule has 0 saturated heterocycles. The Morgan fingerprint density at radius 2 is 1.80 bits per heavy atom. The molecule has 0 spiro atoms. The topological polar surface area (TPSA) is 83.0 Å². The summed E-state index contributed by atoms with van der Waals surface area (Å²) in [6.45, 7) is 0. The molecule has 2 aromatic carbocycles. The van der Waals surface area contributed by atoms with Gasteiger partial charge in [0.1, 0.15) is 5.56 Å². The van der Waals surface area contributed by atoms with E-state index in [0.29, 0.717) is 11.1 Å². The van der Waals surface area contributed by atoms with Crippen LogP contribution in [-0.2, 0) is 0 Å². The van der Waals surface area contributed by atoms with Gasteiger partial charge in [0.2, 0.25) is 0 Å². The van der Waals surface area contributed by atoms with E-state index in [-0.39, 0.29) is 5.56 Å². The second-order valence-electron chi connectivity index (χ2n) is 4.32. The molecule has 0 saturated carbocycles. The van der Waals surface area contributed by atoms with E-state index in [1.165, 1.54) is 6.20 Å². The van der Waals surface area contributed by atoms with E-state index in [4.69, 9.17) is 0 Å². The number of aromatic carboxylic acids is 1. The smallest absolute Gasteiger partial charge is 0.342 e. The van der Waals surface area contributed by atoms with Crippen LogP contribution in [0.1, 0.15) is 10.4 Å². The number of aromatic nitrogens is 2. The Balaban J connectivity index is 2.41. The number of nitrogens with one attached hydrogen (secondary N) is 1. The molecule has 0 aliphatic heterocycles. The number of carboxylic acid groups (broad SMARTS) is 1. The van der Waals surface area contributed by atoms with Gasteiger partial charge in [0.05, 0.1) is 6.20 Å². The molecule has 0 atom stereocenters. The first-order valence-electron chi connectivity index (χ1n) is 5.97. The molecular weight excluding hydrogens is 256 g/mol. The third-order valence-corrected chi connectivity index (χ3v) is 3.15. The van der Waals surface area contributed by atoms with Crippen molar-refractivity contribution in [1.29, 1.82) is 0 Å². The number of rotatable bonds is 2. The number of hydrogen-bond donors (Lipinski definition) is 2. The molecule has 0 unspecified atom stereocenters. The van der Waals surface area contributed by atoms with Gasteiger partial charge in [-0.2, -0.15) is 5.10 Å². The van der Waals surface area contributed by atoms with Crippen molar-refractivity contribution in [3.8, 4) is 11.1 Å². The quantitative estimate of drug-likeness (QED) is 0.745. The molecule has 98 valence electrons. The van der Waals surface area contributed by atoms with Crippen LogP contribution in [0, 0.1) is 0 Å². The standard InChI is InChI=1S/C15H10N2O3/c18-14-13(15(19)20)12(8-16-17-14)11-7-3-5-9-4-1-2-6-10(9)11/h1-8H,(H,17,18)(H,19,20). The van der Waals surface area contributed by atoms with Crippen LogP contribution < -0.4 is 5.56 Å². The van der Waals surface area contributed by atoms with Gasteiger partial charge in [-0.05, 0) is 16.3 Å². The highest BCUT2D eigenvalue weighted by molar-refractivity contribution is 6.03. The number of nitrogens with zero attached hydrogens (tertiary/aromatic N) is 1. The van der Waals surface area contributed by atoms with E-state index in [2.05, 4.69) is 10.2 Å². The molecule has 0 amide bonds. The second-order valence-corrected chi connectivity index (χ2v) is 4.32. The van der Waals surface area contributed by atoms with Crippen LogP contribution in [0.25, 0.3) is 21.9 Å². The number of fused-ring (bicyclic) bond motifs is 1. The molecule has 0 bridgehead atoms. The highest BCUT2D eigenvalue weighted by Gasteiger charge is 2.17. The van der Waals surface area contributed by atoms with Gasteiger partial charge >= 0.3 is 5.97 Å². The number of H-pyrrole nitrogens is 1. The monoisotopic (exact) mass is 266 g/mol. The first-order valence-corrected chi connectivity index (χ1v) is 5.97. The highest BCUT2D eigenvalue weighted by Crippen LogP contribution is 2.29. The maximum Gasteiger partial charge on any atom is 0.342 e. The molecule has 3 rings (SSSR count). The molecule has 5 nitrogen and oxygen atoms in total. The van der Waals surface area contributed by atoms with Crippen LogP contribution >= 0.6 is 0 Å². The van der Waals surface area contributed by atoms with Crippen molar-refractivity contribution in [1.82, 2.24) is 10.2 Å². The Morgan fingerprint density at radius 1 is 1.05 bits per heavy atom. The van der Waals surface area contributed by atoms with Crippen LogP contribution in [0.2, 0.25) is 0 Å². The van der Waals surface area contributed by atoms with Gasteiger partial charge < -0.3 is 5.11 Å². The van der Waals surface area contributed by atoms with Gasteiger partial charge in [0.15, 0.2) is 0 Å². The lowest BCUT2D eigenvalue weighted by Gasteiger charge is -2.08. The number of aromatic amines is 1.